The van der Waals surface area contributed by atoms with Crippen LogP contribution in [-0.4, -0.2) is 23.0 Å². The molecule has 0 bridgehead atoms. The van der Waals surface area contributed by atoms with Gasteiger partial charge in [-0.3, -0.25) is 0 Å². The largest absolute Gasteiger partial charge is 0.412 e. The fourth-order valence-electron chi connectivity index (χ4n) is 0. The Hall–Kier alpha value is 0.528. The molecule has 0 aromatic heterocycles. The van der Waals surface area contributed by atoms with Crippen molar-refractivity contribution >= 4 is 0 Å². The third kappa shape index (κ3) is 2740. The van der Waals surface area contributed by atoms with Crippen molar-refractivity contribution in [2.24, 2.45) is 11.5 Å². The molecule has 0 amide bonds. The Morgan fingerprint density at radius 2 is 0.727 bits per heavy atom. The van der Waals surface area contributed by atoms with E-state index in [9.17, 15) is 0 Å². The fourth-order valence-corrected chi connectivity index (χ4v) is 0. The van der Waals surface area contributed by atoms with Crippen LogP contribution in [0.2, 0.25) is 0 Å². The summed E-state index contributed by atoms with van der Waals surface area (Å²) in [6.07, 6.45) is 0. The maximum Gasteiger partial charge on any atom is 0 e. The van der Waals surface area contributed by atoms with E-state index < -0.39 is 0 Å². The van der Waals surface area contributed by atoms with Gasteiger partial charge in [-0.1, -0.05) is 27.7 Å². The summed E-state index contributed by atoms with van der Waals surface area (Å²) in [6, 6.07) is 0.667. The average Bonchev–Trinajstić information content (AvgIpc) is 1.25. The van der Waals surface area contributed by atoms with E-state index in [1.807, 2.05) is 27.7 Å². The Bertz CT molecular complexity index is 34.1. The van der Waals surface area contributed by atoms with E-state index in [1.54, 1.807) is 0 Å². The molecule has 8 N–H and O–H groups in total. The van der Waals surface area contributed by atoms with E-state index in [0.717, 1.165) is 0 Å². The second-order valence-electron chi connectivity index (χ2n) is 2.49. The predicted octanol–water partition coefficient (Wildman–Crippen LogP) is -0.945. The molecule has 0 fully saturated rings. The smallest absolute Gasteiger partial charge is 0 e. The molecule has 0 radical (unpaired) electrons. The minimum Gasteiger partial charge on any atom is -0.412 e. The second kappa shape index (κ2) is 22.4. The normalized spacial score (nSPS) is 6.55. The van der Waals surface area contributed by atoms with Crippen LogP contribution in [0.4, 0.5) is 0 Å². The van der Waals surface area contributed by atoms with E-state index in [0.29, 0.717) is 12.1 Å². The van der Waals surface area contributed by atoms with Gasteiger partial charge in [-0.2, -0.15) is 0 Å². The van der Waals surface area contributed by atoms with E-state index in [1.165, 1.54) is 0 Å². The summed E-state index contributed by atoms with van der Waals surface area (Å²) >= 11 is 0. The van der Waals surface area contributed by atoms with Crippen molar-refractivity contribution in [1.82, 2.24) is 0 Å². The third-order valence-corrected chi connectivity index (χ3v) is 0. The molecule has 0 unspecified atom stereocenters. The molecule has 0 rings (SSSR count). The van der Waals surface area contributed by atoms with Crippen LogP contribution in [0.15, 0.2) is 0 Å². The second-order valence-corrected chi connectivity index (χ2v) is 2.49. The van der Waals surface area contributed by atoms with Gasteiger partial charge in [0.25, 0.3) is 0 Å². The van der Waals surface area contributed by atoms with Gasteiger partial charge in [-0.15, -0.1) is 0 Å². The summed E-state index contributed by atoms with van der Waals surface area (Å²) in [5.41, 5.74) is 10.2. The molecule has 5 heteroatoms. The number of hydrogen-bond acceptors (Lipinski definition) is 2. The van der Waals surface area contributed by atoms with E-state index in [2.05, 4.69) is 0 Å². The zero-order valence-corrected chi connectivity index (χ0v) is 9.90. The molecule has 0 aliphatic carbocycles. The first kappa shape index (κ1) is 30.0. The number of rotatable bonds is 0. The molecule has 0 aliphatic heterocycles. The Kier molecular flexibility index (Phi) is 61.1. The molecule has 0 aromatic carbocycles. The first-order chi connectivity index (χ1) is 3.46. The van der Waals surface area contributed by atoms with Crippen LogP contribution in [0.3, 0.4) is 0 Å². The standard InChI is InChI=1S/2C3H9N.2H2O.Pt/c2*1-3(2)4;;;/h2*3H,4H2,1-2H3;2*1H2;. The van der Waals surface area contributed by atoms with Crippen LogP contribution < -0.4 is 11.5 Å². The number of nitrogens with two attached hydrogens (primary N) is 2. The van der Waals surface area contributed by atoms with E-state index >= 15 is 0 Å². The van der Waals surface area contributed by atoms with Gasteiger partial charge in [0.05, 0.1) is 0 Å². The summed E-state index contributed by atoms with van der Waals surface area (Å²) in [5, 5.41) is 0. The van der Waals surface area contributed by atoms with Gasteiger partial charge in [-0.25, -0.2) is 0 Å². The summed E-state index contributed by atoms with van der Waals surface area (Å²) < 4.78 is 0. The van der Waals surface area contributed by atoms with Gasteiger partial charge in [0.1, 0.15) is 0 Å². The molecular formula is C6H22N2O2Pt. The molecule has 0 spiro atoms. The minimum atomic E-state index is 0. The molecule has 0 aliphatic rings. The zero-order chi connectivity index (χ0) is 7.15. The third-order valence-electron chi connectivity index (χ3n) is 0. The Labute approximate surface area is 83.6 Å². The summed E-state index contributed by atoms with van der Waals surface area (Å²) in [6.45, 7) is 7.78. The van der Waals surface area contributed by atoms with Crippen molar-refractivity contribution in [3.8, 4) is 0 Å². The van der Waals surface area contributed by atoms with Gasteiger partial charge < -0.3 is 22.4 Å². The maximum atomic E-state index is 5.11. The van der Waals surface area contributed by atoms with Gasteiger partial charge in [0.2, 0.25) is 0 Å². The van der Waals surface area contributed by atoms with Crippen molar-refractivity contribution in [3.63, 3.8) is 0 Å². The molecule has 4 nitrogen and oxygen atoms in total. The molecule has 0 aromatic rings. The zero-order valence-electron chi connectivity index (χ0n) is 7.63. The molecule has 78 valence electrons. The monoisotopic (exact) mass is 349 g/mol. The molecule has 0 saturated carbocycles. The van der Waals surface area contributed by atoms with Crippen LogP contribution in [0.1, 0.15) is 27.7 Å². The van der Waals surface area contributed by atoms with Crippen LogP contribution >= 0.6 is 0 Å². The molecule has 11 heavy (non-hydrogen) atoms. The van der Waals surface area contributed by atoms with Gasteiger partial charge in [-0.05, 0) is 12.1 Å². The van der Waals surface area contributed by atoms with Gasteiger partial charge in [0, 0.05) is 21.1 Å². The van der Waals surface area contributed by atoms with Crippen molar-refractivity contribution < 1.29 is 32.0 Å². The van der Waals surface area contributed by atoms with Crippen LogP contribution in [0.5, 0.6) is 0 Å². The molecular weight excluding hydrogens is 327 g/mol. The predicted molar refractivity (Wildman–Crippen MR) is 45.9 cm³/mol. The maximum absolute atomic E-state index is 5.11. The topological polar surface area (TPSA) is 115 Å². The van der Waals surface area contributed by atoms with Gasteiger partial charge >= 0.3 is 0 Å². The average molecular weight is 349 g/mol. The van der Waals surface area contributed by atoms with Crippen molar-refractivity contribution in [2.45, 2.75) is 39.8 Å². The van der Waals surface area contributed by atoms with Crippen LogP contribution in [-0.2, 0) is 21.1 Å². The van der Waals surface area contributed by atoms with Gasteiger partial charge in [0.15, 0.2) is 0 Å². The van der Waals surface area contributed by atoms with E-state index in [4.69, 9.17) is 11.5 Å². The minimum absolute atomic E-state index is 0. The first-order valence-electron chi connectivity index (χ1n) is 2.98. The van der Waals surface area contributed by atoms with Crippen molar-refractivity contribution in [2.75, 3.05) is 0 Å². The van der Waals surface area contributed by atoms with E-state index in [-0.39, 0.29) is 32.0 Å². The van der Waals surface area contributed by atoms with Crippen LogP contribution in [0.25, 0.3) is 0 Å². The summed E-state index contributed by atoms with van der Waals surface area (Å²) in [4.78, 5) is 0. The summed E-state index contributed by atoms with van der Waals surface area (Å²) in [7, 11) is 0. The first-order valence-corrected chi connectivity index (χ1v) is 2.98. The quantitative estimate of drug-likeness (QED) is 0.587. The molecule has 0 atom stereocenters. The molecule has 0 saturated heterocycles. The summed E-state index contributed by atoms with van der Waals surface area (Å²) in [5.74, 6) is 0. The number of hydrogen-bond donors (Lipinski definition) is 2. The van der Waals surface area contributed by atoms with Crippen LogP contribution in [0, 0.1) is 0 Å². The Morgan fingerprint density at radius 3 is 0.727 bits per heavy atom. The Balaban J connectivity index is -0.0000000171. The fraction of sp³-hybridized carbons (Fsp3) is 1.00. The van der Waals surface area contributed by atoms with Crippen molar-refractivity contribution in [3.05, 3.63) is 0 Å². The van der Waals surface area contributed by atoms with Crippen molar-refractivity contribution in [1.29, 1.82) is 0 Å². The SMILES string of the molecule is CC(C)N.CC(C)N.O.O.[Pt]. The molecule has 0 heterocycles. The Morgan fingerprint density at radius 1 is 0.727 bits per heavy atom.